The highest BCUT2D eigenvalue weighted by Crippen LogP contribution is 2.40. The summed E-state index contributed by atoms with van der Waals surface area (Å²) in [5.41, 5.74) is 8.86. The molecule has 3 aromatic carbocycles. The number of hydrazone groups is 1. The zero-order chi connectivity index (χ0) is 20.0. The Balaban J connectivity index is 2.18. The molecular formula is C22H19N5O. The van der Waals surface area contributed by atoms with Gasteiger partial charge in [0.1, 0.15) is 11.7 Å². The summed E-state index contributed by atoms with van der Waals surface area (Å²) in [6.45, 7) is 0. The van der Waals surface area contributed by atoms with E-state index in [4.69, 9.17) is 16.4 Å². The Morgan fingerprint density at radius 1 is 0.929 bits per heavy atom. The second kappa shape index (κ2) is 8.16. The molecule has 0 fully saturated rings. The van der Waals surface area contributed by atoms with Crippen LogP contribution in [0.2, 0.25) is 0 Å². The predicted octanol–water partition coefficient (Wildman–Crippen LogP) is 3.20. The van der Waals surface area contributed by atoms with Crippen molar-refractivity contribution in [3.63, 3.8) is 0 Å². The molecule has 0 aliphatic rings. The Hall–Kier alpha value is -3.95. The Kier molecular flexibility index (Phi) is 5.49. The molecule has 0 amide bonds. The van der Waals surface area contributed by atoms with Gasteiger partial charge < -0.3 is 10.8 Å². The number of nitrogens with zero attached hydrogens (tertiary/aromatic N) is 2. The Morgan fingerprint density at radius 3 is 1.93 bits per heavy atom. The van der Waals surface area contributed by atoms with Crippen LogP contribution >= 0.6 is 0 Å². The summed E-state index contributed by atoms with van der Waals surface area (Å²) in [6.07, 6.45) is 0. The molecule has 0 saturated carbocycles. The van der Waals surface area contributed by atoms with E-state index in [-0.39, 0.29) is 5.71 Å². The number of benzene rings is 3. The molecule has 0 aliphatic heterocycles. The molecule has 0 spiro atoms. The van der Waals surface area contributed by atoms with Gasteiger partial charge in [-0.1, -0.05) is 78.9 Å². The second-order valence-electron chi connectivity index (χ2n) is 6.09. The number of rotatable bonds is 6. The Bertz CT molecular complexity index is 1000. The van der Waals surface area contributed by atoms with Gasteiger partial charge >= 0.3 is 0 Å². The third-order valence-corrected chi connectivity index (χ3v) is 4.35. The van der Waals surface area contributed by atoms with E-state index in [9.17, 15) is 5.11 Å². The number of nitrogens with one attached hydrogen (secondary N) is 2. The quantitative estimate of drug-likeness (QED) is 0.231. The highest BCUT2D eigenvalue weighted by molar-refractivity contribution is 6.45. The van der Waals surface area contributed by atoms with Gasteiger partial charge in [-0.25, -0.2) is 0 Å². The van der Waals surface area contributed by atoms with Crippen LogP contribution in [-0.2, 0) is 5.60 Å². The van der Waals surface area contributed by atoms with Gasteiger partial charge in [-0.15, -0.1) is 0 Å². The molecule has 3 aromatic rings. The second-order valence-corrected chi connectivity index (χ2v) is 6.09. The van der Waals surface area contributed by atoms with Gasteiger partial charge in [0.05, 0.1) is 5.69 Å². The van der Waals surface area contributed by atoms with Gasteiger partial charge in [-0.2, -0.15) is 10.4 Å². The summed E-state index contributed by atoms with van der Waals surface area (Å²) in [4.78, 5) is 0. The fourth-order valence-corrected chi connectivity index (χ4v) is 2.99. The SMILES string of the molecule is N#C/C(=N\Nc1ccccc1C(O)(c1ccccc1)c1ccccc1)C(=N)N. The molecule has 0 saturated heterocycles. The van der Waals surface area contributed by atoms with Crippen LogP contribution in [0, 0.1) is 16.7 Å². The lowest BCUT2D eigenvalue weighted by Gasteiger charge is -2.31. The topological polar surface area (TPSA) is 118 Å². The summed E-state index contributed by atoms with van der Waals surface area (Å²) >= 11 is 0. The first kappa shape index (κ1) is 18.8. The van der Waals surface area contributed by atoms with Crippen molar-refractivity contribution in [1.29, 1.82) is 10.7 Å². The lowest BCUT2D eigenvalue weighted by Crippen LogP contribution is -2.30. The third kappa shape index (κ3) is 3.61. The van der Waals surface area contributed by atoms with Gasteiger partial charge in [-0.05, 0) is 17.2 Å². The zero-order valence-electron chi connectivity index (χ0n) is 15.0. The van der Waals surface area contributed by atoms with E-state index in [0.29, 0.717) is 22.4 Å². The number of aliphatic hydroxyl groups is 1. The van der Waals surface area contributed by atoms with Crippen molar-refractivity contribution >= 4 is 17.2 Å². The van der Waals surface area contributed by atoms with Crippen molar-refractivity contribution in [2.24, 2.45) is 10.8 Å². The standard InChI is InChI=1S/C22H19N5O/c23-15-20(21(24)25)27-26-19-14-8-7-13-18(19)22(28,16-9-3-1-4-10-16)17-11-5-2-6-12-17/h1-14,26,28H,(H3,24,25)/b27-20+. The van der Waals surface area contributed by atoms with E-state index in [1.54, 1.807) is 24.3 Å². The maximum absolute atomic E-state index is 11.9. The van der Waals surface area contributed by atoms with Gasteiger partial charge in [0.25, 0.3) is 0 Å². The Labute approximate surface area is 163 Å². The van der Waals surface area contributed by atoms with Crippen LogP contribution in [0.1, 0.15) is 16.7 Å². The molecule has 6 nitrogen and oxygen atoms in total. The average molecular weight is 369 g/mol. The highest BCUT2D eigenvalue weighted by atomic mass is 16.3. The number of hydrogen-bond acceptors (Lipinski definition) is 5. The molecule has 0 unspecified atom stereocenters. The number of hydrogen-bond donors (Lipinski definition) is 4. The first-order valence-electron chi connectivity index (χ1n) is 8.58. The molecule has 0 radical (unpaired) electrons. The number of amidine groups is 1. The van der Waals surface area contributed by atoms with Crippen molar-refractivity contribution in [3.05, 3.63) is 102 Å². The van der Waals surface area contributed by atoms with Crippen molar-refractivity contribution in [2.75, 3.05) is 5.43 Å². The van der Waals surface area contributed by atoms with E-state index < -0.39 is 11.4 Å². The van der Waals surface area contributed by atoms with Crippen LogP contribution in [0.3, 0.4) is 0 Å². The molecule has 28 heavy (non-hydrogen) atoms. The van der Waals surface area contributed by atoms with Crippen LogP contribution in [0.15, 0.2) is 90.0 Å². The monoisotopic (exact) mass is 369 g/mol. The maximum atomic E-state index is 11.9. The predicted molar refractivity (Wildman–Crippen MR) is 110 cm³/mol. The van der Waals surface area contributed by atoms with E-state index >= 15 is 0 Å². The van der Waals surface area contributed by atoms with Gasteiger partial charge in [0, 0.05) is 5.56 Å². The smallest absolute Gasteiger partial charge is 0.201 e. The van der Waals surface area contributed by atoms with Crippen LogP contribution < -0.4 is 11.2 Å². The van der Waals surface area contributed by atoms with Crippen molar-refractivity contribution in [2.45, 2.75) is 5.60 Å². The number of nitriles is 1. The first-order chi connectivity index (χ1) is 13.6. The average Bonchev–Trinajstić information content (AvgIpc) is 2.75. The third-order valence-electron chi connectivity index (χ3n) is 4.35. The summed E-state index contributed by atoms with van der Waals surface area (Å²) in [6, 6.07) is 27.5. The molecular weight excluding hydrogens is 350 g/mol. The first-order valence-corrected chi connectivity index (χ1v) is 8.58. The van der Waals surface area contributed by atoms with Crippen LogP contribution in [-0.4, -0.2) is 16.7 Å². The van der Waals surface area contributed by atoms with E-state index in [2.05, 4.69) is 10.5 Å². The molecule has 3 rings (SSSR count). The largest absolute Gasteiger partial charge is 0.382 e. The van der Waals surface area contributed by atoms with E-state index in [0.717, 1.165) is 0 Å². The van der Waals surface area contributed by atoms with Crippen molar-refractivity contribution in [3.8, 4) is 6.07 Å². The maximum Gasteiger partial charge on any atom is 0.201 e. The molecule has 138 valence electrons. The minimum absolute atomic E-state index is 0.238. The molecule has 0 aliphatic carbocycles. The van der Waals surface area contributed by atoms with Gasteiger partial charge in [-0.3, -0.25) is 10.8 Å². The minimum atomic E-state index is -1.45. The summed E-state index contributed by atoms with van der Waals surface area (Å²) in [7, 11) is 0. The summed E-state index contributed by atoms with van der Waals surface area (Å²) in [5, 5.41) is 32.3. The van der Waals surface area contributed by atoms with Gasteiger partial charge in [0.15, 0.2) is 5.84 Å². The number of para-hydroxylation sites is 1. The van der Waals surface area contributed by atoms with Gasteiger partial charge in [0.2, 0.25) is 5.71 Å². The molecule has 5 N–H and O–H groups in total. The normalized spacial score (nSPS) is 11.5. The van der Waals surface area contributed by atoms with Crippen LogP contribution in [0.4, 0.5) is 5.69 Å². The molecule has 0 heterocycles. The highest BCUT2D eigenvalue weighted by Gasteiger charge is 2.35. The molecule has 0 aromatic heterocycles. The van der Waals surface area contributed by atoms with Crippen LogP contribution in [0.5, 0.6) is 0 Å². The molecule has 6 heteroatoms. The van der Waals surface area contributed by atoms with E-state index in [1.165, 1.54) is 0 Å². The summed E-state index contributed by atoms with van der Waals surface area (Å²) in [5.74, 6) is -0.436. The zero-order valence-corrected chi connectivity index (χ0v) is 15.0. The van der Waals surface area contributed by atoms with Crippen LogP contribution in [0.25, 0.3) is 0 Å². The molecule has 0 bridgehead atoms. The fourth-order valence-electron chi connectivity index (χ4n) is 2.99. The number of nitrogens with two attached hydrogens (primary N) is 1. The fraction of sp³-hybridized carbons (Fsp3) is 0.0455. The van der Waals surface area contributed by atoms with Crippen molar-refractivity contribution in [1.82, 2.24) is 0 Å². The molecule has 0 atom stereocenters. The lowest BCUT2D eigenvalue weighted by molar-refractivity contribution is 0.126. The minimum Gasteiger partial charge on any atom is -0.382 e. The lowest BCUT2D eigenvalue weighted by atomic mass is 9.79. The Morgan fingerprint density at radius 2 is 1.43 bits per heavy atom. The van der Waals surface area contributed by atoms with Crippen molar-refractivity contribution < 1.29 is 5.11 Å². The number of anilines is 1. The summed E-state index contributed by atoms with van der Waals surface area (Å²) < 4.78 is 0. The van der Waals surface area contributed by atoms with E-state index in [1.807, 2.05) is 66.7 Å².